The molecule has 0 aromatic heterocycles. The first-order chi connectivity index (χ1) is 5.41. The van der Waals surface area contributed by atoms with Gasteiger partial charge in [-0.3, -0.25) is 5.43 Å². The molecule has 0 saturated carbocycles. The highest BCUT2D eigenvalue weighted by molar-refractivity contribution is 4.83. The number of rotatable bonds is 1. The maximum absolute atomic E-state index is 3.46. The highest BCUT2D eigenvalue weighted by Crippen LogP contribution is 2.22. The monoisotopic (exact) mass is 170 g/mol. The summed E-state index contributed by atoms with van der Waals surface area (Å²) in [5.41, 5.74) is 3.73. The average molecular weight is 170 g/mol. The lowest BCUT2D eigenvalue weighted by Gasteiger charge is -2.31. The van der Waals surface area contributed by atoms with E-state index in [2.05, 4.69) is 45.1 Å². The molecule has 1 aliphatic heterocycles. The zero-order chi connectivity index (χ0) is 9.35. The van der Waals surface area contributed by atoms with E-state index in [1.165, 1.54) is 6.54 Å². The molecule has 1 unspecified atom stereocenters. The zero-order valence-electron chi connectivity index (χ0n) is 9.02. The smallest absolute Gasteiger partial charge is 0.0270 e. The summed E-state index contributed by atoms with van der Waals surface area (Å²) in [5.74, 6) is 1.62. The minimum Gasteiger partial charge on any atom is -0.254 e. The molecule has 0 amide bonds. The summed E-state index contributed by atoms with van der Waals surface area (Å²) in [5, 5.41) is 2.36. The Bertz CT molecular complexity index is 146. The molecule has 2 nitrogen and oxygen atoms in total. The Balaban J connectivity index is 2.46. The topological polar surface area (TPSA) is 15.3 Å². The quantitative estimate of drug-likeness (QED) is 0.646. The molecule has 1 heterocycles. The summed E-state index contributed by atoms with van der Waals surface area (Å²) < 4.78 is 0. The second-order valence-corrected chi connectivity index (χ2v) is 5.15. The van der Waals surface area contributed by atoms with Crippen molar-refractivity contribution < 1.29 is 0 Å². The van der Waals surface area contributed by atoms with Gasteiger partial charge in [-0.2, -0.15) is 0 Å². The van der Waals surface area contributed by atoms with Crippen molar-refractivity contribution in [2.24, 2.45) is 11.8 Å². The zero-order valence-corrected chi connectivity index (χ0v) is 9.02. The molecule has 0 aromatic rings. The summed E-state index contributed by atoms with van der Waals surface area (Å²) in [6.45, 7) is 13.7. The largest absolute Gasteiger partial charge is 0.254 e. The predicted octanol–water partition coefficient (Wildman–Crippen LogP) is 1.88. The van der Waals surface area contributed by atoms with E-state index in [0.29, 0.717) is 0 Å². The normalized spacial score (nSPS) is 27.0. The molecule has 1 atom stereocenters. The SMILES string of the molecule is CC(C)C1CNN(C(C)(C)C)C1. The molecule has 1 rings (SSSR count). The third-order valence-electron chi connectivity index (χ3n) is 2.71. The van der Waals surface area contributed by atoms with Gasteiger partial charge < -0.3 is 0 Å². The van der Waals surface area contributed by atoms with Crippen LogP contribution in [0.3, 0.4) is 0 Å². The van der Waals surface area contributed by atoms with Gasteiger partial charge in [0.25, 0.3) is 0 Å². The summed E-state index contributed by atoms with van der Waals surface area (Å²) in [7, 11) is 0. The standard InChI is InChI=1S/C10H22N2/c1-8(2)9-6-11-12(7-9)10(3,4)5/h8-9,11H,6-7H2,1-5H3. The lowest BCUT2D eigenvalue weighted by Crippen LogP contribution is -2.45. The summed E-state index contributed by atoms with van der Waals surface area (Å²) >= 11 is 0. The van der Waals surface area contributed by atoms with Crippen molar-refractivity contribution in [3.05, 3.63) is 0 Å². The summed E-state index contributed by atoms with van der Waals surface area (Å²) in [6.07, 6.45) is 0. The van der Waals surface area contributed by atoms with Gasteiger partial charge in [-0.05, 0) is 32.6 Å². The third-order valence-corrected chi connectivity index (χ3v) is 2.71. The molecule has 0 radical (unpaired) electrons. The number of hydrogen-bond donors (Lipinski definition) is 1. The van der Waals surface area contributed by atoms with Crippen LogP contribution >= 0.6 is 0 Å². The van der Waals surface area contributed by atoms with Crippen molar-refractivity contribution in [2.75, 3.05) is 13.1 Å². The molecular formula is C10H22N2. The first kappa shape index (κ1) is 10.0. The van der Waals surface area contributed by atoms with Crippen LogP contribution in [0.4, 0.5) is 0 Å². The fourth-order valence-corrected chi connectivity index (χ4v) is 1.55. The summed E-state index contributed by atoms with van der Waals surface area (Å²) in [4.78, 5) is 0. The number of nitrogens with one attached hydrogen (secondary N) is 1. The lowest BCUT2D eigenvalue weighted by atomic mass is 9.96. The van der Waals surface area contributed by atoms with E-state index in [1.54, 1.807) is 0 Å². The maximum Gasteiger partial charge on any atom is 0.0270 e. The Labute approximate surface area is 76.3 Å². The first-order valence-electron chi connectivity index (χ1n) is 4.92. The molecular weight excluding hydrogens is 148 g/mol. The third kappa shape index (κ3) is 2.20. The Morgan fingerprint density at radius 3 is 2.17 bits per heavy atom. The Morgan fingerprint density at radius 2 is 1.92 bits per heavy atom. The van der Waals surface area contributed by atoms with Crippen molar-refractivity contribution in [3.8, 4) is 0 Å². The highest BCUT2D eigenvalue weighted by atomic mass is 15.6. The van der Waals surface area contributed by atoms with Gasteiger partial charge in [0.15, 0.2) is 0 Å². The number of hydrazine groups is 1. The second-order valence-electron chi connectivity index (χ2n) is 5.15. The van der Waals surface area contributed by atoms with Gasteiger partial charge in [0.2, 0.25) is 0 Å². The fraction of sp³-hybridized carbons (Fsp3) is 1.00. The van der Waals surface area contributed by atoms with Crippen LogP contribution in [0.5, 0.6) is 0 Å². The van der Waals surface area contributed by atoms with Crippen LogP contribution in [0.15, 0.2) is 0 Å². The van der Waals surface area contributed by atoms with Gasteiger partial charge in [-0.25, -0.2) is 5.01 Å². The second kappa shape index (κ2) is 3.35. The molecule has 1 N–H and O–H groups in total. The van der Waals surface area contributed by atoms with E-state index in [4.69, 9.17) is 0 Å². The predicted molar refractivity (Wildman–Crippen MR) is 52.8 cm³/mol. The fourth-order valence-electron chi connectivity index (χ4n) is 1.55. The van der Waals surface area contributed by atoms with Crippen LogP contribution in [0.2, 0.25) is 0 Å². The number of nitrogens with zero attached hydrogens (tertiary/aromatic N) is 1. The van der Waals surface area contributed by atoms with Gasteiger partial charge in [-0.1, -0.05) is 13.8 Å². The maximum atomic E-state index is 3.46. The van der Waals surface area contributed by atoms with E-state index in [1.807, 2.05) is 0 Å². The van der Waals surface area contributed by atoms with Crippen LogP contribution in [0.25, 0.3) is 0 Å². The van der Waals surface area contributed by atoms with Crippen molar-refractivity contribution in [3.63, 3.8) is 0 Å². The molecule has 12 heavy (non-hydrogen) atoms. The van der Waals surface area contributed by atoms with E-state index in [0.717, 1.165) is 18.4 Å². The highest BCUT2D eigenvalue weighted by Gasteiger charge is 2.31. The van der Waals surface area contributed by atoms with Gasteiger partial charge in [0.05, 0.1) is 0 Å². The van der Waals surface area contributed by atoms with E-state index >= 15 is 0 Å². The van der Waals surface area contributed by atoms with E-state index in [-0.39, 0.29) is 5.54 Å². The van der Waals surface area contributed by atoms with Gasteiger partial charge in [0.1, 0.15) is 0 Å². The van der Waals surface area contributed by atoms with Crippen molar-refractivity contribution >= 4 is 0 Å². The van der Waals surface area contributed by atoms with Gasteiger partial charge >= 0.3 is 0 Å². The minimum atomic E-state index is 0.267. The van der Waals surface area contributed by atoms with Crippen molar-refractivity contribution in [1.29, 1.82) is 0 Å². The van der Waals surface area contributed by atoms with Crippen LogP contribution < -0.4 is 5.43 Å². The molecule has 72 valence electrons. The van der Waals surface area contributed by atoms with E-state index in [9.17, 15) is 0 Å². The first-order valence-corrected chi connectivity index (χ1v) is 4.92. The van der Waals surface area contributed by atoms with E-state index < -0.39 is 0 Å². The Morgan fingerprint density at radius 1 is 1.33 bits per heavy atom. The van der Waals surface area contributed by atoms with Crippen molar-refractivity contribution in [1.82, 2.24) is 10.4 Å². The van der Waals surface area contributed by atoms with Crippen molar-refractivity contribution in [2.45, 2.75) is 40.2 Å². The molecule has 1 saturated heterocycles. The Kier molecular flexibility index (Phi) is 2.79. The lowest BCUT2D eigenvalue weighted by molar-refractivity contribution is 0.110. The molecule has 1 aliphatic rings. The average Bonchev–Trinajstić information content (AvgIpc) is 2.30. The molecule has 0 aromatic carbocycles. The molecule has 1 fully saturated rings. The van der Waals surface area contributed by atoms with Crippen LogP contribution in [0, 0.1) is 11.8 Å². The minimum absolute atomic E-state index is 0.267. The Hall–Kier alpha value is -0.0800. The van der Waals surface area contributed by atoms with Crippen LogP contribution in [0.1, 0.15) is 34.6 Å². The van der Waals surface area contributed by atoms with Gasteiger partial charge in [-0.15, -0.1) is 0 Å². The number of hydrogen-bond acceptors (Lipinski definition) is 2. The molecule has 2 heteroatoms. The molecule has 0 spiro atoms. The molecule has 0 aliphatic carbocycles. The molecule has 0 bridgehead atoms. The van der Waals surface area contributed by atoms with Crippen LogP contribution in [-0.2, 0) is 0 Å². The van der Waals surface area contributed by atoms with Crippen LogP contribution in [-0.4, -0.2) is 23.6 Å². The van der Waals surface area contributed by atoms with Gasteiger partial charge in [0, 0.05) is 18.6 Å². The summed E-state index contributed by atoms with van der Waals surface area (Å²) in [6, 6.07) is 0.